The summed E-state index contributed by atoms with van der Waals surface area (Å²) in [6.07, 6.45) is 1.72. The van der Waals surface area contributed by atoms with E-state index in [1.54, 1.807) is 31.1 Å². The standard InChI is InChI=1S/C14H15N3O2S/c1-19-10-5-9-3-2-4-15-13(9)11(6-10)17-14(18)12-7-20-8-16-12/h2-6,12,16H,7-8H2,1H3,(H,17,18). The zero-order valence-electron chi connectivity index (χ0n) is 11.1. The van der Waals surface area contributed by atoms with Gasteiger partial charge in [0.2, 0.25) is 5.91 Å². The van der Waals surface area contributed by atoms with E-state index in [9.17, 15) is 4.79 Å². The van der Waals surface area contributed by atoms with Gasteiger partial charge in [0.25, 0.3) is 0 Å². The van der Waals surface area contributed by atoms with Crippen LogP contribution < -0.4 is 15.4 Å². The van der Waals surface area contributed by atoms with E-state index in [1.807, 2.05) is 18.2 Å². The molecule has 20 heavy (non-hydrogen) atoms. The average molecular weight is 289 g/mol. The number of methoxy groups -OCH3 is 1. The van der Waals surface area contributed by atoms with Gasteiger partial charge >= 0.3 is 0 Å². The van der Waals surface area contributed by atoms with Crippen molar-refractivity contribution in [3.63, 3.8) is 0 Å². The third-order valence-corrected chi connectivity index (χ3v) is 4.14. The fourth-order valence-electron chi connectivity index (χ4n) is 2.16. The van der Waals surface area contributed by atoms with Gasteiger partial charge in [0.15, 0.2) is 0 Å². The first-order chi connectivity index (χ1) is 9.78. The Balaban J connectivity index is 1.94. The molecule has 104 valence electrons. The number of nitrogens with zero attached hydrogens (tertiary/aromatic N) is 1. The first-order valence-corrected chi connectivity index (χ1v) is 7.48. The molecule has 1 aliphatic rings. The van der Waals surface area contributed by atoms with Crippen LogP contribution in [0, 0.1) is 0 Å². The van der Waals surface area contributed by atoms with E-state index < -0.39 is 0 Å². The molecule has 1 aromatic carbocycles. The molecule has 5 nitrogen and oxygen atoms in total. The minimum Gasteiger partial charge on any atom is -0.497 e. The summed E-state index contributed by atoms with van der Waals surface area (Å²) in [5, 5.41) is 7.04. The van der Waals surface area contributed by atoms with Crippen LogP contribution in [0.15, 0.2) is 30.5 Å². The summed E-state index contributed by atoms with van der Waals surface area (Å²) in [5.74, 6) is 2.28. The van der Waals surface area contributed by atoms with E-state index in [-0.39, 0.29) is 11.9 Å². The number of thioether (sulfide) groups is 1. The number of carbonyl (C=O) groups is 1. The maximum atomic E-state index is 12.2. The molecule has 0 bridgehead atoms. The van der Waals surface area contributed by atoms with Crippen LogP contribution in [0.3, 0.4) is 0 Å². The summed E-state index contributed by atoms with van der Waals surface area (Å²) < 4.78 is 5.27. The maximum absolute atomic E-state index is 12.2. The van der Waals surface area contributed by atoms with E-state index in [2.05, 4.69) is 15.6 Å². The second-order valence-electron chi connectivity index (χ2n) is 4.51. The summed E-state index contributed by atoms with van der Waals surface area (Å²) in [6, 6.07) is 7.37. The Morgan fingerprint density at radius 2 is 2.45 bits per heavy atom. The summed E-state index contributed by atoms with van der Waals surface area (Å²) in [6.45, 7) is 0. The molecule has 1 saturated heterocycles. The van der Waals surface area contributed by atoms with Crippen molar-refractivity contribution in [2.75, 3.05) is 24.1 Å². The molecule has 2 heterocycles. The molecule has 1 atom stereocenters. The Hall–Kier alpha value is -1.79. The zero-order valence-corrected chi connectivity index (χ0v) is 11.9. The van der Waals surface area contributed by atoms with Crippen LogP contribution in [0.4, 0.5) is 5.69 Å². The lowest BCUT2D eigenvalue weighted by atomic mass is 10.1. The van der Waals surface area contributed by atoms with Crippen LogP contribution in [0.5, 0.6) is 5.75 Å². The number of anilines is 1. The van der Waals surface area contributed by atoms with Crippen LogP contribution in [0.25, 0.3) is 10.9 Å². The molecule has 6 heteroatoms. The van der Waals surface area contributed by atoms with Crippen molar-refractivity contribution in [2.24, 2.45) is 0 Å². The molecule has 1 aromatic heterocycles. The van der Waals surface area contributed by atoms with Gasteiger partial charge in [0.05, 0.1) is 24.4 Å². The molecule has 3 rings (SSSR count). The molecule has 2 N–H and O–H groups in total. The molecule has 1 unspecified atom stereocenters. The van der Waals surface area contributed by atoms with Crippen LogP contribution in [0.1, 0.15) is 0 Å². The maximum Gasteiger partial charge on any atom is 0.242 e. The van der Waals surface area contributed by atoms with Gasteiger partial charge in [-0.2, -0.15) is 0 Å². The number of rotatable bonds is 3. The van der Waals surface area contributed by atoms with Crippen LogP contribution in [-0.2, 0) is 4.79 Å². The summed E-state index contributed by atoms with van der Waals surface area (Å²) >= 11 is 1.72. The monoisotopic (exact) mass is 289 g/mol. The number of pyridine rings is 1. The number of hydrogen-bond acceptors (Lipinski definition) is 5. The van der Waals surface area contributed by atoms with E-state index in [0.717, 1.165) is 22.5 Å². The smallest absolute Gasteiger partial charge is 0.242 e. The molecule has 1 fully saturated rings. The summed E-state index contributed by atoms with van der Waals surface area (Å²) in [7, 11) is 1.61. The number of aromatic nitrogens is 1. The van der Waals surface area contributed by atoms with Gasteiger partial charge in [-0.3, -0.25) is 15.1 Å². The minimum atomic E-state index is -0.148. The molecule has 0 radical (unpaired) electrons. The van der Waals surface area contributed by atoms with Crippen molar-refractivity contribution in [3.05, 3.63) is 30.5 Å². The lowest BCUT2D eigenvalue weighted by molar-refractivity contribution is -0.117. The van der Waals surface area contributed by atoms with Gasteiger partial charge in [0, 0.05) is 29.3 Å². The third kappa shape index (κ3) is 2.57. The van der Waals surface area contributed by atoms with Crippen LogP contribution >= 0.6 is 11.8 Å². The Bertz CT molecular complexity index is 641. The largest absolute Gasteiger partial charge is 0.497 e. The van der Waals surface area contributed by atoms with Crippen molar-refractivity contribution in [1.29, 1.82) is 0 Å². The number of nitrogens with one attached hydrogen (secondary N) is 2. The molecule has 0 saturated carbocycles. The van der Waals surface area contributed by atoms with E-state index in [0.29, 0.717) is 11.4 Å². The highest BCUT2D eigenvalue weighted by Crippen LogP contribution is 2.28. The lowest BCUT2D eigenvalue weighted by Gasteiger charge is -2.13. The van der Waals surface area contributed by atoms with Crippen molar-refractivity contribution in [1.82, 2.24) is 10.3 Å². The highest BCUT2D eigenvalue weighted by molar-refractivity contribution is 7.99. The fourth-order valence-corrected chi connectivity index (χ4v) is 3.10. The quantitative estimate of drug-likeness (QED) is 0.903. The van der Waals surface area contributed by atoms with Crippen molar-refractivity contribution in [3.8, 4) is 5.75 Å². The molecule has 1 aliphatic heterocycles. The molecule has 0 aliphatic carbocycles. The van der Waals surface area contributed by atoms with Gasteiger partial charge in [0.1, 0.15) is 5.75 Å². The summed E-state index contributed by atoms with van der Waals surface area (Å²) in [4.78, 5) is 16.5. The second kappa shape index (κ2) is 5.68. The number of hydrogen-bond donors (Lipinski definition) is 2. The highest BCUT2D eigenvalue weighted by atomic mass is 32.2. The Morgan fingerprint density at radius 3 is 3.20 bits per heavy atom. The predicted molar refractivity (Wildman–Crippen MR) is 81.2 cm³/mol. The van der Waals surface area contributed by atoms with Crippen LogP contribution in [0.2, 0.25) is 0 Å². The lowest BCUT2D eigenvalue weighted by Crippen LogP contribution is -2.37. The van der Waals surface area contributed by atoms with Crippen LogP contribution in [-0.4, -0.2) is 35.7 Å². The first kappa shape index (κ1) is 13.2. The molecular formula is C14H15N3O2S. The van der Waals surface area contributed by atoms with Gasteiger partial charge in [-0.05, 0) is 12.1 Å². The number of carbonyl (C=O) groups excluding carboxylic acids is 1. The SMILES string of the molecule is COc1cc(NC(=O)C2CSCN2)c2ncccc2c1. The van der Waals surface area contributed by atoms with Gasteiger partial charge in [-0.15, -0.1) is 11.8 Å². The normalized spacial score (nSPS) is 18.1. The molecule has 1 amide bonds. The van der Waals surface area contributed by atoms with E-state index in [1.165, 1.54) is 0 Å². The zero-order chi connectivity index (χ0) is 13.9. The van der Waals surface area contributed by atoms with E-state index in [4.69, 9.17) is 4.74 Å². The fraction of sp³-hybridized carbons (Fsp3) is 0.286. The topological polar surface area (TPSA) is 63.2 Å². The minimum absolute atomic E-state index is 0.0322. The van der Waals surface area contributed by atoms with Gasteiger partial charge in [-0.25, -0.2) is 0 Å². The molecule has 2 aromatic rings. The van der Waals surface area contributed by atoms with Crippen molar-refractivity contribution < 1.29 is 9.53 Å². The Labute approximate surface area is 121 Å². The number of ether oxygens (including phenoxy) is 1. The molecular weight excluding hydrogens is 274 g/mol. The number of fused-ring (bicyclic) bond motifs is 1. The predicted octanol–water partition coefficient (Wildman–Crippen LogP) is 1.84. The first-order valence-electron chi connectivity index (χ1n) is 6.32. The van der Waals surface area contributed by atoms with Gasteiger partial charge < -0.3 is 10.1 Å². The highest BCUT2D eigenvalue weighted by Gasteiger charge is 2.23. The number of benzene rings is 1. The number of amides is 1. The summed E-state index contributed by atoms with van der Waals surface area (Å²) in [5.41, 5.74) is 1.45. The Kier molecular flexibility index (Phi) is 3.75. The Morgan fingerprint density at radius 1 is 1.55 bits per heavy atom. The van der Waals surface area contributed by atoms with E-state index >= 15 is 0 Å². The van der Waals surface area contributed by atoms with Crippen molar-refractivity contribution in [2.45, 2.75) is 6.04 Å². The third-order valence-electron chi connectivity index (χ3n) is 3.20. The van der Waals surface area contributed by atoms with Crippen molar-refractivity contribution >= 4 is 34.3 Å². The van der Waals surface area contributed by atoms with Gasteiger partial charge in [-0.1, -0.05) is 6.07 Å². The molecule has 0 spiro atoms. The average Bonchev–Trinajstić information content (AvgIpc) is 3.01. The second-order valence-corrected chi connectivity index (χ2v) is 5.54.